The van der Waals surface area contributed by atoms with Crippen LogP contribution in [0.2, 0.25) is 10.0 Å². The molecular weight excluding hydrogens is 338 g/mol. The summed E-state index contributed by atoms with van der Waals surface area (Å²) in [6, 6.07) is 9.66. The van der Waals surface area contributed by atoms with Crippen molar-refractivity contribution in [1.29, 1.82) is 5.26 Å². The van der Waals surface area contributed by atoms with Crippen molar-refractivity contribution in [2.24, 2.45) is 0 Å². The third-order valence-corrected chi connectivity index (χ3v) is 4.52. The van der Waals surface area contributed by atoms with Crippen molar-refractivity contribution in [3.63, 3.8) is 0 Å². The maximum Gasteiger partial charge on any atom is 0.263 e. The van der Waals surface area contributed by atoms with Gasteiger partial charge in [0.05, 0.1) is 21.3 Å². The summed E-state index contributed by atoms with van der Waals surface area (Å²) in [5, 5.41) is 8.32. The Kier molecular flexibility index (Phi) is 4.37. The number of halogens is 3. The summed E-state index contributed by atoms with van der Waals surface area (Å²) in [7, 11) is -4.01. The second kappa shape index (κ2) is 5.90. The van der Waals surface area contributed by atoms with Crippen LogP contribution in [0.4, 0.5) is 10.1 Å². The second-order valence-electron chi connectivity index (χ2n) is 3.97. The van der Waals surface area contributed by atoms with Crippen molar-refractivity contribution in [3.8, 4) is 6.07 Å². The molecule has 2 rings (SSSR count). The van der Waals surface area contributed by atoms with E-state index in [-0.39, 0.29) is 26.2 Å². The van der Waals surface area contributed by atoms with Crippen LogP contribution in [0, 0.1) is 17.1 Å². The van der Waals surface area contributed by atoms with Gasteiger partial charge in [-0.2, -0.15) is 5.26 Å². The standard InChI is InChI=1S/C13H7Cl2FN2O2S/c14-10-5-9(6-11(15)13(10)16)18-21(19,20)12-4-2-1-3-8(12)7-17/h1-6,18H. The van der Waals surface area contributed by atoms with Gasteiger partial charge in [-0.05, 0) is 24.3 Å². The SMILES string of the molecule is N#Cc1ccccc1S(=O)(=O)Nc1cc(Cl)c(F)c(Cl)c1. The molecule has 0 spiro atoms. The van der Waals surface area contributed by atoms with Crippen LogP contribution in [0.3, 0.4) is 0 Å². The summed E-state index contributed by atoms with van der Waals surface area (Å²) in [5.41, 5.74) is -0.0107. The van der Waals surface area contributed by atoms with Gasteiger partial charge in [0.2, 0.25) is 0 Å². The van der Waals surface area contributed by atoms with Crippen molar-refractivity contribution in [2.45, 2.75) is 4.90 Å². The minimum Gasteiger partial charge on any atom is -0.279 e. The van der Waals surface area contributed by atoms with Crippen molar-refractivity contribution >= 4 is 38.9 Å². The van der Waals surface area contributed by atoms with Gasteiger partial charge in [-0.15, -0.1) is 0 Å². The Labute approximate surface area is 130 Å². The predicted octanol–water partition coefficient (Wildman–Crippen LogP) is 3.80. The fourth-order valence-electron chi connectivity index (χ4n) is 1.62. The molecule has 0 aliphatic heterocycles. The largest absolute Gasteiger partial charge is 0.279 e. The topological polar surface area (TPSA) is 70.0 Å². The first-order chi connectivity index (χ1) is 9.85. The average Bonchev–Trinajstić information content (AvgIpc) is 2.44. The molecule has 0 fully saturated rings. The second-order valence-corrected chi connectivity index (χ2v) is 6.43. The van der Waals surface area contributed by atoms with Crippen molar-refractivity contribution < 1.29 is 12.8 Å². The van der Waals surface area contributed by atoms with Crippen LogP contribution in [-0.2, 0) is 10.0 Å². The minimum atomic E-state index is -4.01. The lowest BCUT2D eigenvalue weighted by atomic mass is 10.2. The molecule has 0 radical (unpaired) electrons. The molecule has 8 heteroatoms. The van der Waals surface area contributed by atoms with Gasteiger partial charge in [-0.25, -0.2) is 12.8 Å². The van der Waals surface area contributed by atoms with Gasteiger partial charge in [0.15, 0.2) is 5.82 Å². The minimum absolute atomic E-state index is 0.000794. The van der Waals surface area contributed by atoms with Crippen LogP contribution in [0.25, 0.3) is 0 Å². The Morgan fingerprint density at radius 2 is 1.71 bits per heavy atom. The van der Waals surface area contributed by atoms with E-state index in [0.29, 0.717) is 0 Å². The van der Waals surface area contributed by atoms with Crippen molar-refractivity contribution in [2.75, 3.05) is 4.72 Å². The number of nitrogens with one attached hydrogen (secondary N) is 1. The lowest BCUT2D eigenvalue weighted by molar-refractivity contribution is 0.600. The van der Waals surface area contributed by atoms with E-state index in [9.17, 15) is 12.8 Å². The number of hydrogen-bond donors (Lipinski definition) is 1. The molecule has 108 valence electrons. The highest BCUT2D eigenvalue weighted by Gasteiger charge is 2.19. The molecule has 2 aromatic rings. The Balaban J connectivity index is 2.46. The lowest BCUT2D eigenvalue weighted by Crippen LogP contribution is -2.14. The van der Waals surface area contributed by atoms with Gasteiger partial charge < -0.3 is 0 Å². The molecule has 0 saturated carbocycles. The van der Waals surface area contributed by atoms with E-state index in [0.717, 1.165) is 12.1 Å². The molecule has 0 aromatic heterocycles. The number of benzene rings is 2. The van der Waals surface area contributed by atoms with Crippen LogP contribution in [0.1, 0.15) is 5.56 Å². The highest BCUT2D eigenvalue weighted by Crippen LogP contribution is 2.29. The first kappa shape index (κ1) is 15.6. The molecule has 0 saturated heterocycles. The van der Waals surface area contributed by atoms with Crippen LogP contribution >= 0.6 is 23.2 Å². The zero-order valence-electron chi connectivity index (χ0n) is 10.3. The van der Waals surface area contributed by atoms with Gasteiger partial charge in [0.25, 0.3) is 10.0 Å². The molecule has 21 heavy (non-hydrogen) atoms. The van der Waals surface area contributed by atoms with Gasteiger partial charge in [-0.1, -0.05) is 35.3 Å². The van der Waals surface area contributed by atoms with E-state index in [4.69, 9.17) is 28.5 Å². The molecule has 0 bridgehead atoms. The molecule has 1 N–H and O–H groups in total. The van der Waals surface area contributed by atoms with Gasteiger partial charge in [-0.3, -0.25) is 4.72 Å². The average molecular weight is 345 g/mol. The molecule has 0 heterocycles. The Bertz CT molecular complexity index is 824. The number of nitrogens with zero attached hydrogens (tertiary/aromatic N) is 1. The monoisotopic (exact) mass is 344 g/mol. The molecule has 0 amide bonds. The number of anilines is 1. The van der Waals surface area contributed by atoms with Crippen LogP contribution in [0.5, 0.6) is 0 Å². The highest BCUT2D eigenvalue weighted by atomic mass is 35.5. The zero-order chi connectivity index (χ0) is 15.6. The third kappa shape index (κ3) is 3.27. The quantitative estimate of drug-likeness (QED) is 0.860. The number of nitriles is 1. The molecular formula is C13H7Cl2FN2O2S. The highest BCUT2D eigenvalue weighted by molar-refractivity contribution is 7.92. The number of rotatable bonds is 3. The Morgan fingerprint density at radius 1 is 1.14 bits per heavy atom. The van der Waals surface area contributed by atoms with Gasteiger partial charge in [0.1, 0.15) is 11.0 Å². The Morgan fingerprint density at radius 3 is 2.29 bits per heavy atom. The summed E-state index contributed by atoms with van der Waals surface area (Å²) >= 11 is 11.2. The van der Waals surface area contributed by atoms with E-state index in [1.807, 2.05) is 0 Å². The van der Waals surface area contributed by atoms with Gasteiger partial charge in [0, 0.05) is 0 Å². The number of hydrogen-bond acceptors (Lipinski definition) is 3. The molecule has 0 aliphatic rings. The van der Waals surface area contributed by atoms with E-state index in [1.54, 1.807) is 12.1 Å². The normalized spacial score (nSPS) is 11.0. The van der Waals surface area contributed by atoms with E-state index < -0.39 is 15.8 Å². The fourth-order valence-corrected chi connectivity index (χ4v) is 3.30. The summed E-state index contributed by atoms with van der Waals surface area (Å²) in [6.07, 6.45) is 0. The van der Waals surface area contributed by atoms with Crippen molar-refractivity contribution in [1.82, 2.24) is 0 Å². The Hall–Kier alpha value is -1.81. The summed E-state index contributed by atoms with van der Waals surface area (Å²) in [4.78, 5) is -0.191. The molecule has 0 atom stereocenters. The van der Waals surface area contributed by atoms with Crippen LogP contribution in [0.15, 0.2) is 41.3 Å². The maximum absolute atomic E-state index is 13.3. The summed E-state index contributed by atoms with van der Waals surface area (Å²) < 4.78 is 40.0. The van der Waals surface area contributed by atoms with E-state index >= 15 is 0 Å². The number of sulfonamides is 1. The predicted molar refractivity (Wildman–Crippen MR) is 78.4 cm³/mol. The van der Waals surface area contributed by atoms with Gasteiger partial charge >= 0.3 is 0 Å². The maximum atomic E-state index is 13.3. The van der Waals surface area contributed by atoms with E-state index in [1.165, 1.54) is 18.2 Å². The first-order valence-electron chi connectivity index (χ1n) is 5.51. The fraction of sp³-hybridized carbons (Fsp3) is 0. The molecule has 4 nitrogen and oxygen atoms in total. The van der Waals surface area contributed by atoms with E-state index in [2.05, 4.69) is 4.72 Å². The van der Waals surface area contributed by atoms with Crippen LogP contribution in [-0.4, -0.2) is 8.42 Å². The summed E-state index contributed by atoms with van der Waals surface area (Å²) in [6.45, 7) is 0. The molecule has 0 aliphatic carbocycles. The third-order valence-electron chi connectivity index (χ3n) is 2.53. The van der Waals surface area contributed by atoms with Crippen molar-refractivity contribution in [3.05, 3.63) is 57.8 Å². The summed E-state index contributed by atoms with van der Waals surface area (Å²) in [5.74, 6) is -0.835. The first-order valence-corrected chi connectivity index (χ1v) is 7.75. The smallest absolute Gasteiger partial charge is 0.263 e. The van der Waals surface area contributed by atoms with Crippen LogP contribution < -0.4 is 4.72 Å². The molecule has 2 aromatic carbocycles. The lowest BCUT2D eigenvalue weighted by Gasteiger charge is -2.10. The zero-order valence-corrected chi connectivity index (χ0v) is 12.6. The molecule has 0 unspecified atom stereocenters.